The van der Waals surface area contributed by atoms with Crippen LogP contribution in [0.25, 0.3) is 0 Å². The first kappa shape index (κ1) is 18.8. The number of unbranched alkanes of at least 4 members (excludes halogenated alkanes) is 2. The molecule has 0 heterocycles. The third-order valence-electron chi connectivity index (χ3n) is 2.56. The molecule has 0 saturated carbocycles. The molecule has 6 nitrogen and oxygen atoms in total. The van der Waals surface area contributed by atoms with Crippen molar-refractivity contribution in [2.45, 2.75) is 25.7 Å². The monoisotopic (exact) mass is 296 g/mol. The van der Waals surface area contributed by atoms with Gasteiger partial charge in [0.25, 0.3) is 0 Å². The molecule has 0 atom stereocenters. The third-order valence-corrected chi connectivity index (χ3v) is 4.03. The van der Waals surface area contributed by atoms with Gasteiger partial charge < -0.3 is 14.8 Å². The van der Waals surface area contributed by atoms with Crippen molar-refractivity contribution in [3.8, 4) is 0 Å². The molecule has 0 radical (unpaired) electrons. The van der Waals surface area contributed by atoms with Crippen LogP contribution in [-0.2, 0) is 19.5 Å². The molecule has 19 heavy (non-hydrogen) atoms. The molecule has 0 aliphatic carbocycles. The smallest absolute Gasteiger partial charge is 0.211 e. The highest BCUT2D eigenvalue weighted by molar-refractivity contribution is 7.89. The molecule has 0 aliphatic heterocycles. The zero-order valence-electron chi connectivity index (χ0n) is 12.1. The Morgan fingerprint density at radius 2 is 1.68 bits per heavy atom. The second-order valence-corrected chi connectivity index (χ2v) is 6.26. The molecule has 0 aromatic heterocycles. The lowest BCUT2D eigenvalue weighted by Crippen LogP contribution is -2.27. The lowest BCUT2D eigenvalue weighted by molar-refractivity contribution is 0.0689. The van der Waals surface area contributed by atoms with Crippen LogP contribution in [0.4, 0.5) is 0 Å². The first-order valence-corrected chi connectivity index (χ1v) is 8.46. The van der Waals surface area contributed by atoms with Crippen molar-refractivity contribution < 1.29 is 17.9 Å². The normalized spacial score (nSPS) is 11.9. The Balaban J connectivity index is 3.38. The van der Waals surface area contributed by atoms with Crippen LogP contribution in [0.3, 0.4) is 0 Å². The van der Waals surface area contributed by atoms with E-state index in [9.17, 15) is 8.42 Å². The van der Waals surface area contributed by atoms with Crippen molar-refractivity contribution in [1.29, 1.82) is 0 Å². The number of hydrogen-bond acceptors (Lipinski definition) is 5. The summed E-state index contributed by atoms with van der Waals surface area (Å²) in [6, 6.07) is 0. The van der Waals surface area contributed by atoms with E-state index >= 15 is 0 Å². The summed E-state index contributed by atoms with van der Waals surface area (Å²) in [6.07, 6.45) is 3.22. The summed E-state index contributed by atoms with van der Waals surface area (Å²) in [6.45, 7) is 3.18. The average Bonchev–Trinajstić information content (AvgIpc) is 2.38. The van der Waals surface area contributed by atoms with Gasteiger partial charge in [0.15, 0.2) is 0 Å². The standard InChI is InChI=1S/C12H28N2O4S/c1-13-7-4-6-12-19(15,16)14-8-3-5-9-18-11-10-17-2/h13-14H,3-12H2,1-2H3. The fourth-order valence-electron chi connectivity index (χ4n) is 1.47. The minimum atomic E-state index is -3.10. The molecule has 0 spiro atoms. The second kappa shape index (κ2) is 12.8. The van der Waals surface area contributed by atoms with Crippen LogP contribution in [0.5, 0.6) is 0 Å². The Bertz CT molecular complexity index is 283. The molecule has 116 valence electrons. The summed E-state index contributed by atoms with van der Waals surface area (Å²) >= 11 is 0. The fourth-order valence-corrected chi connectivity index (χ4v) is 2.65. The molecule has 0 rings (SSSR count). The number of rotatable bonds is 14. The van der Waals surface area contributed by atoms with Gasteiger partial charge >= 0.3 is 0 Å². The first-order valence-electron chi connectivity index (χ1n) is 6.81. The van der Waals surface area contributed by atoms with Crippen LogP contribution < -0.4 is 10.0 Å². The Morgan fingerprint density at radius 1 is 0.947 bits per heavy atom. The highest BCUT2D eigenvalue weighted by atomic mass is 32.2. The molecule has 0 aromatic carbocycles. The van der Waals surface area contributed by atoms with Crippen LogP contribution in [-0.4, -0.2) is 61.2 Å². The van der Waals surface area contributed by atoms with Crippen molar-refractivity contribution in [2.75, 3.05) is 52.8 Å². The minimum Gasteiger partial charge on any atom is -0.382 e. The highest BCUT2D eigenvalue weighted by Gasteiger charge is 2.08. The molecule has 0 amide bonds. The van der Waals surface area contributed by atoms with Gasteiger partial charge in [-0.1, -0.05) is 0 Å². The maximum Gasteiger partial charge on any atom is 0.211 e. The second-order valence-electron chi connectivity index (χ2n) is 4.34. The predicted octanol–water partition coefficient (Wildman–Crippen LogP) is 0.349. The van der Waals surface area contributed by atoms with Crippen LogP contribution in [0.15, 0.2) is 0 Å². The zero-order chi connectivity index (χ0) is 14.4. The summed E-state index contributed by atoms with van der Waals surface area (Å²) in [5.41, 5.74) is 0. The molecule has 2 N–H and O–H groups in total. The summed E-state index contributed by atoms with van der Waals surface area (Å²) in [5, 5.41) is 3.00. The summed E-state index contributed by atoms with van der Waals surface area (Å²) in [7, 11) is 0.394. The van der Waals surface area contributed by atoms with Crippen LogP contribution in [0.2, 0.25) is 0 Å². The topological polar surface area (TPSA) is 76.7 Å². The van der Waals surface area contributed by atoms with Crippen LogP contribution in [0, 0.1) is 0 Å². The van der Waals surface area contributed by atoms with Gasteiger partial charge in [0, 0.05) is 20.3 Å². The zero-order valence-corrected chi connectivity index (χ0v) is 12.9. The quantitative estimate of drug-likeness (QED) is 0.452. The Hall–Kier alpha value is -0.210. The van der Waals surface area contributed by atoms with Crippen molar-refractivity contribution in [3.63, 3.8) is 0 Å². The van der Waals surface area contributed by atoms with Gasteiger partial charge in [-0.05, 0) is 39.3 Å². The van der Waals surface area contributed by atoms with Crippen molar-refractivity contribution in [1.82, 2.24) is 10.0 Å². The SMILES string of the molecule is CNCCCCS(=O)(=O)NCCCCOCCOC. The van der Waals surface area contributed by atoms with Gasteiger partial charge in [0.05, 0.1) is 19.0 Å². The molecule has 0 aromatic rings. The molecule has 0 fully saturated rings. The molecular weight excluding hydrogens is 268 g/mol. The van der Waals surface area contributed by atoms with E-state index in [1.165, 1.54) is 0 Å². The van der Waals surface area contributed by atoms with Gasteiger partial charge in [-0.25, -0.2) is 13.1 Å². The van der Waals surface area contributed by atoms with E-state index in [1.54, 1.807) is 7.11 Å². The fraction of sp³-hybridized carbons (Fsp3) is 1.00. The largest absolute Gasteiger partial charge is 0.382 e. The molecule has 0 saturated heterocycles. The molecule has 0 aliphatic rings. The van der Waals surface area contributed by atoms with Gasteiger partial charge in [-0.3, -0.25) is 0 Å². The Kier molecular flexibility index (Phi) is 12.7. The number of hydrogen-bond donors (Lipinski definition) is 2. The summed E-state index contributed by atoms with van der Waals surface area (Å²) < 4.78 is 35.9. The predicted molar refractivity (Wildman–Crippen MR) is 76.9 cm³/mol. The Morgan fingerprint density at radius 3 is 2.37 bits per heavy atom. The van der Waals surface area contributed by atoms with Crippen LogP contribution in [0.1, 0.15) is 25.7 Å². The van der Waals surface area contributed by atoms with E-state index in [2.05, 4.69) is 10.0 Å². The lowest BCUT2D eigenvalue weighted by atomic mass is 10.3. The third kappa shape index (κ3) is 14.0. The maximum atomic E-state index is 11.6. The van der Waals surface area contributed by atoms with E-state index in [0.717, 1.165) is 25.8 Å². The Labute approximate surface area is 117 Å². The van der Waals surface area contributed by atoms with Crippen LogP contribution >= 0.6 is 0 Å². The molecular formula is C12H28N2O4S. The first-order chi connectivity index (χ1) is 9.12. The van der Waals surface area contributed by atoms with Crippen molar-refractivity contribution >= 4 is 10.0 Å². The number of nitrogens with one attached hydrogen (secondary N) is 2. The maximum absolute atomic E-state index is 11.6. The van der Waals surface area contributed by atoms with E-state index in [-0.39, 0.29) is 5.75 Å². The van der Waals surface area contributed by atoms with Crippen molar-refractivity contribution in [2.24, 2.45) is 0 Å². The van der Waals surface area contributed by atoms with E-state index in [0.29, 0.717) is 32.8 Å². The summed E-state index contributed by atoms with van der Waals surface area (Å²) in [5.74, 6) is 0.207. The molecule has 7 heteroatoms. The lowest BCUT2D eigenvalue weighted by Gasteiger charge is -2.07. The highest BCUT2D eigenvalue weighted by Crippen LogP contribution is 1.95. The van der Waals surface area contributed by atoms with E-state index in [1.807, 2.05) is 7.05 Å². The van der Waals surface area contributed by atoms with E-state index < -0.39 is 10.0 Å². The number of methoxy groups -OCH3 is 1. The molecule has 0 unspecified atom stereocenters. The number of ether oxygens (including phenoxy) is 2. The average molecular weight is 296 g/mol. The minimum absolute atomic E-state index is 0.207. The number of sulfonamides is 1. The van der Waals surface area contributed by atoms with E-state index in [4.69, 9.17) is 9.47 Å². The van der Waals surface area contributed by atoms with Gasteiger partial charge in [-0.2, -0.15) is 0 Å². The van der Waals surface area contributed by atoms with Gasteiger partial charge in [-0.15, -0.1) is 0 Å². The molecule has 0 bridgehead atoms. The van der Waals surface area contributed by atoms with Gasteiger partial charge in [0.1, 0.15) is 0 Å². The van der Waals surface area contributed by atoms with Gasteiger partial charge in [0.2, 0.25) is 10.0 Å². The summed E-state index contributed by atoms with van der Waals surface area (Å²) in [4.78, 5) is 0. The van der Waals surface area contributed by atoms with Crippen molar-refractivity contribution in [3.05, 3.63) is 0 Å².